The molecule has 0 spiro atoms. The van der Waals surface area contributed by atoms with E-state index in [-0.39, 0.29) is 35.2 Å². The molecule has 9 heteroatoms. The maximum atomic E-state index is 13.7. The van der Waals surface area contributed by atoms with Gasteiger partial charge in [0.25, 0.3) is 0 Å². The van der Waals surface area contributed by atoms with Gasteiger partial charge in [-0.15, -0.1) is 11.3 Å². The van der Waals surface area contributed by atoms with E-state index in [4.69, 9.17) is 4.74 Å². The fourth-order valence-electron chi connectivity index (χ4n) is 4.38. The zero-order valence-corrected chi connectivity index (χ0v) is 21.6. The summed E-state index contributed by atoms with van der Waals surface area (Å²) >= 11 is 1.64. The van der Waals surface area contributed by atoms with Crippen molar-refractivity contribution in [3.8, 4) is 5.75 Å². The van der Waals surface area contributed by atoms with Crippen LogP contribution in [0.3, 0.4) is 0 Å². The lowest BCUT2D eigenvalue weighted by atomic mass is 9.93. The summed E-state index contributed by atoms with van der Waals surface area (Å²) in [5.41, 5.74) is 1.81. The minimum absolute atomic E-state index is 0.111. The molecule has 0 bridgehead atoms. The Bertz CT molecular complexity index is 1270. The van der Waals surface area contributed by atoms with Gasteiger partial charge in [0.2, 0.25) is 15.9 Å². The Morgan fingerprint density at radius 1 is 1.17 bits per heavy atom. The summed E-state index contributed by atoms with van der Waals surface area (Å²) in [6, 6.07) is 13.6. The molecular formula is C26H29FN2O4S2. The molecule has 1 amide bonds. The molecule has 186 valence electrons. The number of ether oxygens (including phenoxy) is 1. The molecule has 3 aromatic rings. The van der Waals surface area contributed by atoms with Crippen LogP contribution in [0.4, 0.5) is 4.39 Å². The van der Waals surface area contributed by atoms with Crippen molar-refractivity contribution in [3.05, 3.63) is 81.8 Å². The van der Waals surface area contributed by atoms with Gasteiger partial charge in [0.15, 0.2) is 0 Å². The van der Waals surface area contributed by atoms with E-state index in [1.807, 2.05) is 18.4 Å². The number of fused-ring (bicyclic) bond motifs is 1. The van der Waals surface area contributed by atoms with Crippen LogP contribution in [0.25, 0.3) is 0 Å². The molecule has 4 rings (SSSR count). The zero-order chi connectivity index (χ0) is 25.2. The summed E-state index contributed by atoms with van der Waals surface area (Å²) in [4.78, 5) is 16.7. The van der Waals surface area contributed by atoms with Gasteiger partial charge in [0, 0.05) is 17.5 Å². The number of halogens is 1. The SMILES string of the molecule is CCC(C)N(CC(=O)N1CCc2sccc2C1c1ccc(F)cc1)S(=O)(=O)c1ccc(OC)cc1. The predicted octanol–water partition coefficient (Wildman–Crippen LogP) is 4.86. The Kier molecular flexibility index (Phi) is 7.59. The molecule has 1 aliphatic heterocycles. The van der Waals surface area contributed by atoms with Gasteiger partial charge in [0.1, 0.15) is 11.6 Å². The maximum absolute atomic E-state index is 13.7. The molecular weight excluding hydrogens is 487 g/mol. The van der Waals surface area contributed by atoms with Gasteiger partial charge in [-0.3, -0.25) is 4.79 Å². The van der Waals surface area contributed by atoms with Crippen molar-refractivity contribution >= 4 is 27.3 Å². The van der Waals surface area contributed by atoms with Crippen LogP contribution in [0, 0.1) is 5.82 Å². The van der Waals surface area contributed by atoms with E-state index in [2.05, 4.69) is 0 Å². The Morgan fingerprint density at radius 2 is 1.86 bits per heavy atom. The van der Waals surface area contributed by atoms with Crippen molar-refractivity contribution in [1.82, 2.24) is 9.21 Å². The zero-order valence-electron chi connectivity index (χ0n) is 20.0. The van der Waals surface area contributed by atoms with Crippen molar-refractivity contribution in [2.75, 3.05) is 20.2 Å². The molecule has 0 N–H and O–H groups in total. The lowest BCUT2D eigenvalue weighted by Crippen LogP contribution is -2.49. The average molecular weight is 517 g/mol. The van der Waals surface area contributed by atoms with Crippen molar-refractivity contribution in [2.24, 2.45) is 0 Å². The molecule has 0 fully saturated rings. The molecule has 2 atom stereocenters. The minimum atomic E-state index is -3.93. The topological polar surface area (TPSA) is 66.9 Å². The highest BCUT2D eigenvalue weighted by Gasteiger charge is 2.37. The average Bonchev–Trinajstić information content (AvgIpc) is 3.35. The first-order valence-corrected chi connectivity index (χ1v) is 13.8. The van der Waals surface area contributed by atoms with Crippen LogP contribution in [0.15, 0.2) is 64.9 Å². The predicted molar refractivity (Wildman–Crippen MR) is 135 cm³/mol. The van der Waals surface area contributed by atoms with Gasteiger partial charge < -0.3 is 9.64 Å². The normalized spacial score (nSPS) is 16.7. The van der Waals surface area contributed by atoms with Gasteiger partial charge in [-0.25, -0.2) is 12.8 Å². The summed E-state index contributed by atoms with van der Waals surface area (Å²) in [5, 5.41) is 1.99. The Labute approximate surface area is 210 Å². The molecule has 35 heavy (non-hydrogen) atoms. The molecule has 2 unspecified atom stereocenters. The van der Waals surface area contributed by atoms with E-state index in [1.54, 1.807) is 47.4 Å². The van der Waals surface area contributed by atoms with E-state index in [9.17, 15) is 17.6 Å². The molecule has 0 saturated heterocycles. The lowest BCUT2D eigenvalue weighted by Gasteiger charge is -2.38. The van der Waals surface area contributed by atoms with E-state index in [0.717, 1.165) is 11.1 Å². The largest absolute Gasteiger partial charge is 0.497 e. The third-order valence-corrected chi connectivity index (χ3v) is 9.48. The smallest absolute Gasteiger partial charge is 0.243 e. The Hall–Kier alpha value is -2.75. The van der Waals surface area contributed by atoms with E-state index in [1.165, 1.54) is 40.6 Å². The first-order valence-electron chi connectivity index (χ1n) is 11.5. The fourth-order valence-corrected chi connectivity index (χ4v) is 6.94. The number of sulfonamides is 1. The summed E-state index contributed by atoms with van der Waals surface area (Å²) in [6.45, 7) is 3.89. The molecule has 2 aromatic carbocycles. The van der Waals surface area contributed by atoms with Crippen LogP contribution in [-0.4, -0.2) is 49.8 Å². The van der Waals surface area contributed by atoms with E-state index in [0.29, 0.717) is 25.1 Å². The Morgan fingerprint density at radius 3 is 2.49 bits per heavy atom. The number of carbonyl (C=O) groups is 1. The second kappa shape index (κ2) is 10.5. The number of hydrogen-bond acceptors (Lipinski definition) is 5. The van der Waals surface area contributed by atoms with Gasteiger partial charge in [-0.05, 0) is 78.7 Å². The van der Waals surface area contributed by atoms with Crippen molar-refractivity contribution < 1.29 is 22.3 Å². The van der Waals surface area contributed by atoms with Gasteiger partial charge in [-0.1, -0.05) is 19.1 Å². The summed E-state index contributed by atoms with van der Waals surface area (Å²) in [7, 11) is -2.41. The number of rotatable bonds is 8. The highest BCUT2D eigenvalue weighted by atomic mass is 32.2. The third kappa shape index (κ3) is 5.12. The van der Waals surface area contributed by atoms with Gasteiger partial charge in [0.05, 0.1) is 24.6 Å². The van der Waals surface area contributed by atoms with E-state index < -0.39 is 10.0 Å². The summed E-state index contributed by atoms with van der Waals surface area (Å²) in [5.74, 6) is -0.0767. The van der Waals surface area contributed by atoms with E-state index >= 15 is 0 Å². The van der Waals surface area contributed by atoms with Crippen LogP contribution < -0.4 is 4.74 Å². The lowest BCUT2D eigenvalue weighted by molar-refractivity contribution is -0.133. The molecule has 0 saturated carbocycles. The number of benzene rings is 2. The number of hydrogen-bond donors (Lipinski definition) is 0. The van der Waals surface area contributed by atoms with Crippen LogP contribution in [-0.2, 0) is 21.2 Å². The minimum Gasteiger partial charge on any atom is -0.497 e. The highest BCUT2D eigenvalue weighted by Crippen LogP contribution is 2.38. The molecule has 0 aliphatic carbocycles. The van der Waals surface area contributed by atoms with Crippen LogP contribution in [0.5, 0.6) is 5.75 Å². The maximum Gasteiger partial charge on any atom is 0.243 e. The summed E-state index contributed by atoms with van der Waals surface area (Å²) in [6.07, 6.45) is 1.25. The number of thiophene rings is 1. The van der Waals surface area contributed by atoms with Crippen LogP contribution in [0.1, 0.15) is 42.3 Å². The van der Waals surface area contributed by atoms with Gasteiger partial charge in [-0.2, -0.15) is 4.31 Å². The number of amides is 1. The van der Waals surface area contributed by atoms with Crippen molar-refractivity contribution in [1.29, 1.82) is 0 Å². The fraction of sp³-hybridized carbons (Fsp3) is 0.346. The molecule has 6 nitrogen and oxygen atoms in total. The second-order valence-electron chi connectivity index (χ2n) is 8.57. The highest BCUT2D eigenvalue weighted by molar-refractivity contribution is 7.89. The number of nitrogens with zero attached hydrogens (tertiary/aromatic N) is 2. The standard InChI is InChI=1S/C26H29FN2O4S2/c1-4-18(2)29(35(31,32)22-11-9-21(33-3)10-12-22)17-25(30)28-15-13-24-23(14-16-34-24)26(28)19-5-7-20(27)8-6-19/h5-12,14,16,18,26H,4,13,15,17H2,1-3H3. The van der Waals surface area contributed by atoms with Crippen molar-refractivity contribution in [2.45, 2.75) is 43.7 Å². The van der Waals surface area contributed by atoms with Crippen LogP contribution in [0.2, 0.25) is 0 Å². The second-order valence-corrected chi connectivity index (χ2v) is 11.5. The molecule has 1 aromatic heterocycles. The molecule has 0 radical (unpaired) electrons. The number of methoxy groups -OCH3 is 1. The van der Waals surface area contributed by atoms with Crippen LogP contribution >= 0.6 is 11.3 Å². The number of carbonyl (C=O) groups excluding carboxylic acids is 1. The quantitative estimate of drug-likeness (QED) is 0.429. The summed E-state index contributed by atoms with van der Waals surface area (Å²) < 4.78 is 47.2. The monoisotopic (exact) mass is 516 g/mol. The first-order chi connectivity index (χ1) is 16.8. The van der Waals surface area contributed by atoms with Crippen molar-refractivity contribution in [3.63, 3.8) is 0 Å². The molecule has 2 heterocycles. The Balaban J connectivity index is 1.66. The van der Waals surface area contributed by atoms with Gasteiger partial charge >= 0.3 is 0 Å². The first kappa shape index (κ1) is 25.3. The molecule has 1 aliphatic rings. The third-order valence-electron chi connectivity index (χ3n) is 6.51.